The molecule has 25 heavy (non-hydrogen) atoms. The van der Waals surface area contributed by atoms with Crippen molar-refractivity contribution in [2.24, 2.45) is 0 Å². The van der Waals surface area contributed by atoms with Crippen molar-refractivity contribution in [3.63, 3.8) is 0 Å². The highest BCUT2D eigenvalue weighted by atomic mass is 35.5. The third-order valence-electron chi connectivity index (χ3n) is 3.40. The van der Waals surface area contributed by atoms with Gasteiger partial charge in [-0.3, -0.25) is 9.59 Å². The van der Waals surface area contributed by atoms with E-state index in [1.807, 2.05) is 19.1 Å². The predicted octanol–water partition coefficient (Wildman–Crippen LogP) is 3.26. The number of anilines is 1. The second-order valence-corrected chi connectivity index (χ2v) is 5.94. The molecule has 0 unspecified atom stereocenters. The lowest BCUT2D eigenvalue weighted by Gasteiger charge is -2.17. The van der Waals surface area contributed by atoms with Gasteiger partial charge >= 0.3 is 0 Å². The molecular weight excluding hydrogens is 347 g/mol. The molecule has 2 amide bonds. The number of carbonyl (C=O) groups excluding carboxylic acids is 2. The van der Waals surface area contributed by atoms with Crippen LogP contribution < -0.4 is 10.1 Å². The molecule has 0 bridgehead atoms. The van der Waals surface area contributed by atoms with Gasteiger partial charge in [0.15, 0.2) is 6.61 Å². The fourth-order valence-electron chi connectivity index (χ4n) is 1.96. The zero-order valence-corrected chi connectivity index (χ0v) is 14.6. The monoisotopic (exact) mass is 364 g/mol. The first-order valence-electron chi connectivity index (χ1n) is 7.53. The molecule has 7 heteroatoms. The first kappa shape index (κ1) is 18.7. The lowest BCUT2D eigenvalue weighted by Crippen LogP contribution is -2.37. The van der Waals surface area contributed by atoms with E-state index in [1.54, 1.807) is 12.1 Å². The van der Waals surface area contributed by atoms with Crippen LogP contribution in [0, 0.1) is 12.7 Å². The molecule has 0 radical (unpaired) electrons. The van der Waals surface area contributed by atoms with Gasteiger partial charge in [-0.1, -0.05) is 29.3 Å². The van der Waals surface area contributed by atoms with Gasteiger partial charge in [-0.25, -0.2) is 4.39 Å². The summed E-state index contributed by atoms with van der Waals surface area (Å²) in [5, 5.41) is 2.62. The number of benzene rings is 2. The number of halogens is 2. The highest BCUT2D eigenvalue weighted by Gasteiger charge is 2.14. The Labute approximate surface area is 150 Å². The Kier molecular flexibility index (Phi) is 6.36. The molecule has 2 rings (SSSR count). The number of carbonyl (C=O) groups is 2. The van der Waals surface area contributed by atoms with Crippen molar-refractivity contribution in [1.29, 1.82) is 0 Å². The van der Waals surface area contributed by atoms with E-state index in [4.69, 9.17) is 16.3 Å². The van der Waals surface area contributed by atoms with Gasteiger partial charge in [0.2, 0.25) is 5.91 Å². The van der Waals surface area contributed by atoms with E-state index in [0.29, 0.717) is 5.69 Å². The molecule has 0 aromatic heterocycles. The van der Waals surface area contributed by atoms with Crippen LogP contribution in [0.2, 0.25) is 5.02 Å². The Hall–Kier alpha value is -2.60. The Morgan fingerprint density at radius 3 is 2.52 bits per heavy atom. The minimum atomic E-state index is -0.565. The summed E-state index contributed by atoms with van der Waals surface area (Å²) in [6.45, 7) is 1.56. The zero-order chi connectivity index (χ0) is 18.4. The van der Waals surface area contributed by atoms with Crippen LogP contribution in [0.4, 0.5) is 10.1 Å². The number of amides is 2. The van der Waals surface area contributed by atoms with Crippen LogP contribution in [0.25, 0.3) is 0 Å². The minimum absolute atomic E-state index is 0.0872. The number of hydrogen-bond acceptors (Lipinski definition) is 3. The molecule has 2 aromatic carbocycles. The zero-order valence-electron chi connectivity index (χ0n) is 13.9. The van der Waals surface area contributed by atoms with Crippen molar-refractivity contribution in [3.05, 3.63) is 58.9 Å². The SMILES string of the molecule is Cc1ccc(NC(=O)CN(C)C(=O)COc2ccc(F)c(Cl)c2)cc1. The maximum atomic E-state index is 13.1. The van der Waals surface area contributed by atoms with E-state index >= 15 is 0 Å². The summed E-state index contributed by atoms with van der Waals surface area (Å²) in [6, 6.07) is 11.2. The van der Waals surface area contributed by atoms with Gasteiger partial charge in [0.25, 0.3) is 5.91 Å². The van der Waals surface area contributed by atoms with Gasteiger partial charge < -0.3 is 15.0 Å². The first-order chi connectivity index (χ1) is 11.8. The van der Waals surface area contributed by atoms with Gasteiger partial charge in [0.05, 0.1) is 11.6 Å². The Bertz CT molecular complexity index is 765. The van der Waals surface area contributed by atoms with Crippen LogP contribution in [-0.4, -0.2) is 36.9 Å². The summed E-state index contributed by atoms with van der Waals surface area (Å²) in [4.78, 5) is 25.2. The van der Waals surface area contributed by atoms with Crippen molar-refractivity contribution < 1.29 is 18.7 Å². The molecule has 2 aromatic rings. The molecule has 0 saturated carbocycles. The largest absolute Gasteiger partial charge is 0.484 e. The molecule has 0 aliphatic carbocycles. The van der Waals surface area contributed by atoms with E-state index < -0.39 is 5.82 Å². The number of hydrogen-bond donors (Lipinski definition) is 1. The number of nitrogens with one attached hydrogen (secondary N) is 1. The van der Waals surface area contributed by atoms with Gasteiger partial charge in [0.1, 0.15) is 11.6 Å². The fraction of sp³-hybridized carbons (Fsp3) is 0.222. The fourth-order valence-corrected chi connectivity index (χ4v) is 2.13. The van der Waals surface area contributed by atoms with E-state index in [2.05, 4.69) is 5.32 Å². The van der Waals surface area contributed by atoms with Crippen LogP contribution in [0.5, 0.6) is 5.75 Å². The number of nitrogens with zero attached hydrogens (tertiary/aromatic N) is 1. The molecule has 0 atom stereocenters. The first-order valence-corrected chi connectivity index (χ1v) is 7.91. The van der Waals surface area contributed by atoms with E-state index in [-0.39, 0.29) is 35.7 Å². The molecule has 1 N–H and O–H groups in total. The molecule has 0 aliphatic rings. The van der Waals surface area contributed by atoms with Crippen molar-refractivity contribution in [3.8, 4) is 5.75 Å². The molecule has 0 fully saturated rings. The second kappa shape index (κ2) is 8.48. The van der Waals surface area contributed by atoms with Gasteiger partial charge in [-0.15, -0.1) is 0 Å². The smallest absolute Gasteiger partial charge is 0.260 e. The molecule has 0 aliphatic heterocycles. The summed E-state index contributed by atoms with van der Waals surface area (Å²) >= 11 is 5.64. The van der Waals surface area contributed by atoms with Gasteiger partial charge in [0, 0.05) is 18.8 Å². The Morgan fingerprint density at radius 2 is 1.88 bits per heavy atom. The quantitative estimate of drug-likeness (QED) is 0.855. The lowest BCUT2D eigenvalue weighted by atomic mass is 10.2. The van der Waals surface area contributed by atoms with Crippen LogP contribution in [-0.2, 0) is 9.59 Å². The van der Waals surface area contributed by atoms with Crippen molar-refractivity contribution >= 4 is 29.1 Å². The third-order valence-corrected chi connectivity index (χ3v) is 3.68. The van der Waals surface area contributed by atoms with E-state index in [9.17, 15) is 14.0 Å². The summed E-state index contributed by atoms with van der Waals surface area (Å²) in [5.74, 6) is -0.994. The molecule has 5 nitrogen and oxygen atoms in total. The third kappa shape index (κ3) is 5.76. The van der Waals surface area contributed by atoms with Crippen molar-refractivity contribution in [2.45, 2.75) is 6.92 Å². The number of ether oxygens (including phenoxy) is 1. The average Bonchev–Trinajstić information content (AvgIpc) is 2.57. The average molecular weight is 365 g/mol. The van der Waals surface area contributed by atoms with E-state index in [0.717, 1.165) is 11.6 Å². The van der Waals surface area contributed by atoms with Crippen LogP contribution in [0.3, 0.4) is 0 Å². The normalized spacial score (nSPS) is 10.2. The highest BCUT2D eigenvalue weighted by Crippen LogP contribution is 2.21. The highest BCUT2D eigenvalue weighted by molar-refractivity contribution is 6.30. The summed E-state index contributed by atoms with van der Waals surface area (Å²) in [6.07, 6.45) is 0. The summed E-state index contributed by atoms with van der Waals surface area (Å²) in [5.41, 5.74) is 1.75. The molecule has 0 heterocycles. The molecular formula is C18H18ClFN2O3. The van der Waals surface area contributed by atoms with Crippen molar-refractivity contribution in [2.75, 3.05) is 25.5 Å². The lowest BCUT2D eigenvalue weighted by molar-refractivity contribution is -0.135. The topological polar surface area (TPSA) is 58.6 Å². The maximum absolute atomic E-state index is 13.1. The maximum Gasteiger partial charge on any atom is 0.260 e. The number of aryl methyl sites for hydroxylation is 1. The van der Waals surface area contributed by atoms with Crippen LogP contribution >= 0.6 is 11.6 Å². The Balaban J connectivity index is 1.81. The molecule has 132 valence electrons. The predicted molar refractivity (Wildman–Crippen MR) is 94.4 cm³/mol. The minimum Gasteiger partial charge on any atom is -0.484 e. The Morgan fingerprint density at radius 1 is 1.20 bits per heavy atom. The van der Waals surface area contributed by atoms with E-state index in [1.165, 1.54) is 24.1 Å². The molecule has 0 spiro atoms. The number of rotatable bonds is 6. The summed E-state index contributed by atoms with van der Waals surface area (Å²) in [7, 11) is 1.50. The van der Waals surface area contributed by atoms with Gasteiger partial charge in [-0.2, -0.15) is 0 Å². The van der Waals surface area contributed by atoms with Crippen molar-refractivity contribution in [1.82, 2.24) is 4.90 Å². The number of likely N-dealkylation sites (N-methyl/N-ethyl adjacent to an activating group) is 1. The second-order valence-electron chi connectivity index (χ2n) is 5.53. The standard InChI is InChI=1S/C18H18ClFN2O3/c1-12-3-5-13(6-4-12)21-17(23)10-22(2)18(24)11-25-14-7-8-16(20)15(19)9-14/h3-9H,10-11H2,1-2H3,(H,21,23). The van der Waals surface area contributed by atoms with Crippen LogP contribution in [0.1, 0.15) is 5.56 Å². The summed E-state index contributed by atoms with van der Waals surface area (Å²) < 4.78 is 18.3. The van der Waals surface area contributed by atoms with Crippen LogP contribution in [0.15, 0.2) is 42.5 Å². The van der Waals surface area contributed by atoms with Gasteiger partial charge in [-0.05, 0) is 31.2 Å². The molecule has 0 saturated heterocycles.